The monoisotopic (exact) mass is 817 g/mol. The van der Waals surface area contributed by atoms with Crippen LogP contribution in [0.15, 0.2) is 145 Å². The minimum Gasteiger partial charge on any atom is -0.482 e. The first-order chi connectivity index (χ1) is 29.3. The number of cyclic esters (lactones) is 1. The van der Waals surface area contributed by atoms with Crippen molar-refractivity contribution in [2.24, 2.45) is 5.92 Å². The topological polar surface area (TPSA) is 139 Å². The van der Waals surface area contributed by atoms with E-state index in [1.165, 1.54) is 13.2 Å². The molecule has 7 rings (SSSR count). The number of imide groups is 1. The predicted molar refractivity (Wildman–Crippen MR) is 220 cm³/mol. The van der Waals surface area contributed by atoms with E-state index in [4.69, 9.17) is 33.2 Å². The maximum absolute atomic E-state index is 14.4. The quantitative estimate of drug-likeness (QED) is 0.114. The number of allylic oxidation sites excluding steroid dienone is 1. The third kappa shape index (κ3) is 10.3. The van der Waals surface area contributed by atoms with E-state index in [0.29, 0.717) is 12.2 Å². The van der Waals surface area contributed by atoms with Crippen molar-refractivity contribution < 1.29 is 52.6 Å². The van der Waals surface area contributed by atoms with Gasteiger partial charge in [-0.05, 0) is 60.2 Å². The Hall–Kier alpha value is -5.47. The molecule has 9 unspecified atom stereocenters. The van der Waals surface area contributed by atoms with E-state index in [1.807, 2.05) is 121 Å². The number of ether oxygens (including phenoxy) is 7. The number of ketones is 1. The highest BCUT2D eigenvalue weighted by atomic mass is 16.7. The molecule has 0 radical (unpaired) electrons. The number of aliphatic hydroxyl groups excluding tert-OH is 1. The number of nitrogens with zero attached hydrogens (tertiary/aromatic N) is 1. The van der Waals surface area contributed by atoms with Crippen molar-refractivity contribution in [2.75, 3.05) is 20.3 Å². The van der Waals surface area contributed by atoms with Gasteiger partial charge in [-0.1, -0.05) is 121 Å². The summed E-state index contributed by atoms with van der Waals surface area (Å²) in [5, 5.41) is 10.4. The predicted octanol–water partition coefficient (Wildman–Crippen LogP) is 6.67. The molecule has 9 atom stereocenters. The fraction of sp³-hybridized carbons (Fsp3) is 0.354. The largest absolute Gasteiger partial charge is 0.482 e. The van der Waals surface area contributed by atoms with Crippen LogP contribution in [0, 0.1) is 5.92 Å². The van der Waals surface area contributed by atoms with Gasteiger partial charge < -0.3 is 38.3 Å². The number of carbonyl (C=O) groups excluding carboxylic acids is 3. The van der Waals surface area contributed by atoms with Crippen molar-refractivity contribution in [1.82, 2.24) is 4.90 Å². The zero-order valence-corrected chi connectivity index (χ0v) is 33.7. The molecule has 3 heterocycles. The Kier molecular flexibility index (Phi) is 14.7. The summed E-state index contributed by atoms with van der Waals surface area (Å²) >= 11 is 0. The number of hydrogen-bond acceptors (Lipinski definition) is 11. The van der Waals surface area contributed by atoms with Gasteiger partial charge in [0.1, 0.15) is 36.3 Å². The van der Waals surface area contributed by atoms with Crippen LogP contribution in [0.3, 0.4) is 0 Å². The van der Waals surface area contributed by atoms with Gasteiger partial charge in [-0.3, -0.25) is 9.59 Å². The average molecular weight is 818 g/mol. The second kappa shape index (κ2) is 20.7. The van der Waals surface area contributed by atoms with Crippen molar-refractivity contribution in [3.05, 3.63) is 168 Å². The summed E-state index contributed by atoms with van der Waals surface area (Å²) in [5.74, 6) is -1.61. The summed E-state index contributed by atoms with van der Waals surface area (Å²) in [6.07, 6.45) is -1.19. The van der Waals surface area contributed by atoms with E-state index in [9.17, 15) is 19.5 Å². The van der Waals surface area contributed by atoms with E-state index < -0.39 is 72.7 Å². The van der Waals surface area contributed by atoms with Gasteiger partial charge >= 0.3 is 6.09 Å². The molecule has 60 heavy (non-hydrogen) atoms. The molecule has 0 saturated carbocycles. The van der Waals surface area contributed by atoms with Crippen LogP contribution >= 0.6 is 0 Å². The minimum atomic E-state index is -1.20. The summed E-state index contributed by atoms with van der Waals surface area (Å²) in [7, 11) is 1.51. The molecule has 1 N–H and O–H groups in total. The van der Waals surface area contributed by atoms with E-state index in [2.05, 4.69) is 0 Å². The zero-order chi connectivity index (χ0) is 41.8. The lowest BCUT2D eigenvalue weighted by Gasteiger charge is -2.45. The number of rotatable bonds is 17. The van der Waals surface area contributed by atoms with Crippen LogP contribution in [0.5, 0.6) is 0 Å². The molecule has 2 saturated heterocycles. The normalized spacial score (nSPS) is 26.4. The molecule has 0 bridgehead atoms. The van der Waals surface area contributed by atoms with Crippen LogP contribution < -0.4 is 0 Å². The number of aliphatic hydroxyl groups is 1. The molecular formula is C48H51NO11. The molecule has 3 aliphatic heterocycles. The Bertz CT molecular complexity index is 2060. The zero-order valence-electron chi connectivity index (χ0n) is 33.7. The smallest absolute Gasteiger partial charge is 0.417 e. The molecule has 12 nitrogen and oxygen atoms in total. The minimum absolute atomic E-state index is 0.152. The molecule has 2 fully saturated rings. The van der Waals surface area contributed by atoms with Gasteiger partial charge in [-0.25, -0.2) is 9.69 Å². The summed E-state index contributed by atoms with van der Waals surface area (Å²) in [5.41, 5.74) is 3.47. The van der Waals surface area contributed by atoms with Crippen molar-refractivity contribution in [3.8, 4) is 0 Å². The number of carbonyl (C=O) groups is 3. The highest BCUT2D eigenvalue weighted by Gasteiger charge is 2.50. The lowest BCUT2D eigenvalue weighted by molar-refractivity contribution is -0.319. The van der Waals surface area contributed by atoms with Crippen LogP contribution in [-0.2, 0) is 62.4 Å². The number of hydrogen-bond donors (Lipinski definition) is 1. The third-order valence-electron chi connectivity index (χ3n) is 10.9. The molecule has 314 valence electrons. The first-order valence-electron chi connectivity index (χ1n) is 20.3. The van der Waals surface area contributed by atoms with Crippen LogP contribution in [0.1, 0.15) is 41.7 Å². The molecule has 3 aliphatic rings. The fourth-order valence-corrected chi connectivity index (χ4v) is 7.84. The summed E-state index contributed by atoms with van der Waals surface area (Å²) in [6, 6.07) is 37.4. The van der Waals surface area contributed by atoms with Gasteiger partial charge in [-0.2, -0.15) is 0 Å². The van der Waals surface area contributed by atoms with Crippen LogP contribution in [0.4, 0.5) is 4.79 Å². The maximum atomic E-state index is 14.4. The molecular weight excluding hydrogens is 767 g/mol. The van der Waals surface area contributed by atoms with Crippen molar-refractivity contribution in [2.45, 2.75) is 81.9 Å². The van der Waals surface area contributed by atoms with Crippen LogP contribution in [-0.4, -0.2) is 91.0 Å². The number of methoxy groups -OCH3 is 1. The first kappa shape index (κ1) is 42.6. The summed E-state index contributed by atoms with van der Waals surface area (Å²) in [6.45, 7) is 2.12. The Labute approximate surface area is 350 Å². The van der Waals surface area contributed by atoms with Crippen molar-refractivity contribution in [3.63, 3.8) is 0 Å². The van der Waals surface area contributed by atoms with Crippen LogP contribution in [0.2, 0.25) is 0 Å². The second-order valence-corrected chi connectivity index (χ2v) is 14.9. The highest BCUT2D eigenvalue weighted by Crippen LogP contribution is 2.36. The molecule has 4 aromatic rings. The van der Waals surface area contributed by atoms with E-state index in [0.717, 1.165) is 27.2 Å². The van der Waals surface area contributed by atoms with Gasteiger partial charge in [0, 0.05) is 7.11 Å². The third-order valence-corrected chi connectivity index (χ3v) is 10.9. The lowest BCUT2D eigenvalue weighted by atomic mass is 9.88. The van der Waals surface area contributed by atoms with Crippen molar-refractivity contribution >= 4 is 17.8 Å². The first-order valence-corrected chi connectivity index (χ1v) is 20.3. The van der Waals surface area contributed by atoms with E-state index >= 15 is 0 Å². The Morgan fingerprint density at radius 2 is 1.33 bits per heavy atom. The van der Waals surface area contributed by atoms with Gasteiger partial charge in [0.15, 0.2) is 18.2 Å². The standard InChI is InChI=1S/C48H51NO11/c1-32-41(36-22-13-6-14-23-36)60-48(53)49(32)46(52)38(28-33-16-7-3-8-17-33)42-39(51)26-25-37(58-42)24-15-27-55-45-44(57-31-35-20-11-5-12-21-35)43(40(29-50)59-47(45)54-2)56-30-34-18-9-4-10-19-34/h3-14,16-26,32,38,40-45,47,50H,15,27-31H2,1-2H3. The van der Waals surface area contributed by atoms with E-state index in [-0.39, 0.29) is 32.8 Å². The molecule has 0 spiro atoms. The molecule has 2 amide bonds. The van der Waals surface area contributed by atoms with Gasteiger partial charge in [0.05, 0.1) is 38.4 Å². The lowest BCUT2D eigenvalue weighted by Crippen LogP contribution is -2.61. The Balaban J connectivity index is 1.07. The second-order valence-electron chi connectivity index (χ2n) is 14.9. The highest BCUT2D eigenvalue weighted by molar-refractivity contribution is 6.02. The SMILES string of the molecule is COC1OC(CO)C(OCc2ccccc2)C(OCc2ccccc2)C1OCCC=C1C=CC(=O)C(C(Cc2ccccc2)C(=O)N2C(=O)OC(c3ccccc3)C2C)O1. The molecule has 4 aromatic carbocycles. The molecule has 0 aliphatic carbocycles. The fourth-order valence-electron chi connectivity index (χ4n) is 7.84. The van der Waals surface area contributed by atoms with Gasteiger partial charge in [-0.15, -0.1) is 0 Å². The van der Waals surface area contributed by atoms with Crippen LogP contribution in [0.25, 0.3) is 0 Å². The number of amides is 2. The Morgan fingerprint density at radius 1 is 0.750 bits per heavy atom. The summed E-state index contributed by atoms with van der Waals surface area (Å²) in [4.78, 5) is 42.4. The molecule has 0 aromatic heterocycles. The molecule has 12 heteroatoms. The van der Waals surface area contributed by atoms with Gasteiger partial charge in [0.2, 0.25) is 5.91 Å². The summed E-state index contributed by atoms with van der Waals surface area (Å²) < 4.78 is 43.3. The number of benzene rings is 4. The van der Waals surface area contributed by atoms with Gasteiger partial charge in [0.25, 0.3) is 0 Å². The van der Waals surface area contributed by atoms with Crippen molar-refractivity contribution in [1.29, 1.82) is 0 Å². The Morgan fingerprint density at radius 3 is 1.93 bits per heavy atom. The maximum Gasteiger partial charge on any atom is 0.417 e. The average Bonchev–Trinajstić information content (AvgIpc) is 3.59. The van der Waals surface area contributed by atoms with E-state index in [1.54, 1.807) is 19.1 Å².